The highest BCUT2D eigenvalue weighted by atomic mass is 16.2. The Balaban J connectivity index is 2.40. The minimum absolute atomic E-state index is 0.174. The van der Waals surface area contributed by atoms with Crippen molar-refractivity contribution in [2.24, 2.45) is 11.7 Å². The summed E-state index contributed by atoms with van der Waals surface area (Å²) in [4.78, 5) is 16.6. The topological polar surface area (TPSA) is 49.6 Å². The number of hydrogen-bond acceptors (Lipinski definition) is 3. The highest BCUT2D eigenvalue weighted by molar-refractivity contribution is 5.79. The van der Waals surface area contributed by atoms with E-state index in [1.165, 1.54) is 0 Å². The predicted octanol–water partition coefficient (Wildman–Crippen LogP) is 1.30. The zero-order valence-corrected chi connectivity index (χ0v) is 12.2. The monoisotopic (exact) mass is 255 g/mol. The molecular weight excluding hydrogens is 226 g/mol. The zero-order chi connectivity index (χ0) is 13.5. The van der Waals surface area contributed by atoms with Gasteiger partial charge in [0.15, 0.2) is 0 Å². The summed E-state index contributed by atoms with van der Waals surface area (Å²) in [5, 5.41) is 0. The maximum atomic E-state index is 12.4. The lowest BCUT2D eigenvalue weighted by Crippen LogP contribution is -2.41. The molecule has 0 saturated heterocycles. The predicted molar refractivity (Wildman–Crippen MR) is 75.4 cm³/mol. The van der Waals surface area contributed by atoms with Crippen molar-refractivity contribution in [2.75, 3.05) is 33.7 Å². The Kier molecular flexibility index (Phi) is 6.65. The van der Waals surface area contributed by atoms with Crippen LogP contribution >= 0.6 is 0 Å². The highest BCUT2D eigenvalue weighted by Crippen LogP contribution is 2.24. The van der Waals surface area contributed by atoms with Crippen LogP contribution in [0.2, 0.25) is 0 Å². The van der Waals surface area contributed by atoms with E-state index < -0.39 is 0 Å². The molecule has 0 aromatic heterocycles. The molecule has 1 amide bonds. The molecule has 4 heteroatoms. The van der Waals surface area contributed by atoms with Crippen molar-refractivity contribution in [3.63, 3.8) is 0 Å². The van der Waals surface area contributed by atoms with Crippen LogP contribution in [0.3, 0.4) is 0 Å². The van der Waals surface area contributed by atoms with Crippen molar-refractivity contribution in [2.45, 2.75) is 45.1 Å². The standard InChI is InChI=1S/C14H29N3O/c1-4-17(10-6-9-16(2)3)14(18)12-7-5-8-13(15)11-12/h12-13H,4-11,15H2,1-3H3. The molecule has 1 rings (SSSR count). The second kappa shape index (κ2) is 7.74. The number of nitrogens with two attached hydrogens (primary N) is 1. The van der Waals surface area contributed by atoms with Crippen LogP contribution in [0.4, 0.5) is 0 Å². The molecule has 2 N–H and O–H groups in total. The Hall–Kier alpha value is -0.610. The molecule has 1 saturated carbocycles. The van der Waals surface area contributed by atoms with Crippen LogP contribution in [0, 0.1) is 5.92 Å². The fourth-order valence-electron chi connectivity index (χ4n) is 2.71. The third-order valence-electron chi connectivity index (χ3n) is 3.79. The van der Waals surface area contributed by atoms with Gasteiger partial charge in [-0.1, -0.05) is 6.42 Å². The van der Waals surface area contributed by atoms with Crippen molar-refractivity contribution in [3.8, 4) is 0 Å². The second-order valence-electron chi connectivity index (χ2n) is 5.70. The highest BCUT2D eigenvalue weighted by Gasteiger charge is 2.28. The van der Waals surface area contributed by atoms with Crippen LogP contribution in [0.15, 0.2) is 0 Å². The van der Waals surface area contributed by atoms with Gasteiger partial charge in [0.1, 0.15) is 0 Å². The van der Waals surface area contributed by atoms with Gasteiger partial charge in [-0.05, 0) is 53.2 Å². The molecule has 0 aromatic carbocycles. The molecule has 0 aromatic rings. The lowest BCUT2D eigenvalue weighted by Gasteiger charge is -2.31. The Morgan fingerprint density at radius 1 is 1.28 bits per heavy atom. The molecule has 18 heavy (non-hydrogen) atoms. The van der Waals surface area contributed by atoms with Crippen molar-refractivity contribution in [1.82, 2.24) is 9.80 Å². The van der Waals surface area contributed by atoms with Gasteiger partial charge in [-0.3, -0.25) is 4.79 Å². The van der Waals surface area contributed by atoms with Crippen LogP contribution in [0.1, 0.15) is 39.0 Å². The first kappa shape index (κ1) is 15.4. The third kappa shape index (κ3) is 4.94. The molecule has 1 fully saturated rings. The van der Waals surface area contributed by atoms with Gasteiger partial charge in [0.05, 0.1) is 0 Å². The molecule has 1 aliphatic carbocycles. The number of carbonyl (C=O) groups excluding carboxylic acids is 1. The summed E-state index contributed by atoms with van der Waals surface area (Å²) in [7, 11) is 4.14. The Morgan fingerprint density at radius 3 is 2.56 bits per heavy atom. The van der Waals surface area contributed by atoms with E-state index in [-0.39, 0.29) is 12.0 Å². The number of carbonyl (C=O) groups is 1. The van der Waals surface area contributed by atoms with Gasteiger partial charge >= 0.3 is 0 Å². The van der Waals surface area contributed by atoms with E-state index in [0.717, 1.165) is 51.7 Å². The molecule has 0 radical (unpaired) electrons. The molecular formula is C14H29N3O. The van der Waals surface area contributed by atoms with E-state index in [1.54, 1.807) is 0 Å². The molecule has 106 valence electrons. The molecule has 2 atom stereocenters. The molecule has 1 aliphatic rings. The zero-order valence-electron chi connectivity index (χ0n) is 12.2. The van der Waals surface area contributed by atoms with Crippen molar-refractivity contribution >= 4 is 5.91 Å². The molecule has 4 nitrogen and oxygen atoms in total. The van der Waals surface area contributed by atoms with Gasteiger partial charge in [-0.2, -0.15) is 0 Å². The van der Waals surface area contributed by atoms with Crippen LogP contribution in [-0.2, 0) is 4.79 Å². The first-order chi connectivity index (χ1) is 8.54. The van der Waals surface area contributed by atoms with Gasteiger partial charge in [0.25, 0.3) is 0 Å². The summed E-state index contributed by atoms with van der Waals surface area (Å²) < 4.78 is 0. The van der Waals surface area contributed by atoms with E-state index >= 15 is 0 Å². The first-order valence-electron chi connectivity index (χ1n) is 7.23. The quantitative estimate of drug-likeness (QED) is 0.778. The summed E-state index contributed by atoms with van der Waals surface area (Å²) >= 11 is 0. The SMILES string of the molecule is CCN(CCCN(C)C)C(=O)C1CCCC(N)C1. The Morgan fingerprint density at radius 2 is 2.00 bits per heavy atom. The van der Waals surface area contributed by atoms with Crippen LogP contribution < -0.4 is 5.73 Å². The van der Waals surface area contributed by atoms with Gasteiger partial charge in [0, 0.05) is 25.0 Å². The van der Waals surface area contributed by atoms with E-state index in [1.807, 2.05) is 4.90 Å². The molecule has 0 aliphatic heterocycles. The van der Waals surface area contributed by atoms with Crippen molar-refractivity contribution in [1.29, 1.82) is 0 Å². The van der Waals surface area contributed by atoms with E-state index in [4.69, 9.17) is 5.73 Å². The summed E-state index contributed by atoms with van der Waals surface area (Å²) in [6, 6.07) is 0.230. The Labute approximate surface area is 111 Å². The summed E-state index contributed by atoms with van der Waals surface area (Å²) in [5.74, 6) is 0.500. The largest absolute Gasteiger partial charge is 0.343 e. The van der Waals surface area contributed by atoms with Gasteiger partial charge in [0.2, 0.25) is 5.91 Å². The van der Waals surface area contributed by atoms with Gasteiger partial charge in [-0.15, -0.1) is 0 Å². The lowest BCUT2D eigenvalue weighted by molar-refractivity contribution is -0.136. The molecule has 0 spiro atoms. The maximum Gasteiger partial charge on any atom is 0.225 e. The number of nitrogens with zero attached hydrogens (tertiary/aromatic N) is 2. The molecule has 2 unspecified atom stereocenters. The van der Waals surface area contributed by atoms with E-state index in [2.05, 4.69) is 25.9 Å². The maximum absolute atomic E-state index is 12.4. The minimum atomic E-state index is 0.174. The number of hydrogen-bond donors (Lipinski definition) is 1. The normalized spacial score (nSPS) is 24.3. The van der Waals surface area contributed by atoms with E-state index in [9.17, 15) is 4.79 Å². The van der Waals surface area contributed by atoms with Crippen molar-refractivity contribution < 1.29 is 4.79 Å². The second-order valence-corrected chi connectivity index (χ2v) is 5.70. The number of amides is 1. The third-order valence-corrected chi connectivity index (χ3v) is 3.79. The van der Waals surface area contributed by atoms with Crippen LogP contribution in [0.25, 0.3) is 0 Å². The fourth-order valence-corrected chi connectivity index (χ4v) is 2.71. The summed E-state index contributed by atoms with van der Waals surface area (Å²) in [6.45, 7) is 4.79. The first-order valence-corrected chi connectivity index (χ1v) is 7.23. The average molecular weight is 255 g/mol. The molecule has 0 heterocycles. The van der Waals surface area contributed by atoms with Crippen LogP contribution in [0.5, 0.6) is 0 Å². The van der Waals surface area contributed by atoms with Crippen LogP contribution in [-0.4, -0.2) is 55.5 Å². The fraction of sp³-hybridized carbons (Fsp3) is 0.929. The van der Waals surface area contributed by atoms with Gasteiger partial charge < -0.3 is 15.5 Å². The molecule has 0 bridgehead atoms. The van der Waals surface area contributed by atoms with Crippen molar-refractivity contribution in [3.05, 3.63) is 0 Å². The van der Waals surface area contributed by atoms with E-state index in [0.29, 0.717) is 5.91 Å². The lowest BCUT2D eigenvalue weighted by atomic mass is 9.85. The summed E-state index contributed by atoms with van der Waals surface area (Å²) in [6.07, 6.45) is 5.13. The summed E-state index contributed by atoms with van der Waals surface area (Å²) in [5.41, 5.74) is 5.97. The Bertz CT molecular complexity index is 255. The number of rotatable bonds is 6. The average Bonchev–Trinajstić information content (AvgIpc) is 2.33. The smallest absolute Gasteiger partial charge is 0.225 e. The van der Waals surface area contributed by atoms with Gasteiger partial charge in [-0.25, -0.2) is 0 Å². The minimum Gasteiger partial charge on any atom is -0.343 e.